The summed E-state index contributed by atoms with van der Waals surface area (Å²) in [5, 5.41) is 5.09. The monoisotopic (exact) mass is 779 g/mol. The number of aromatic nitrogens is 5. The molecule has 3 atom stereocenters. The SMILES string of the molecule is CC(C)Oc1nc2nc(C3CCN(C(=O)CC4CC5(C4)CN(c4ccc(C6CCC(=O)NC6=O)cn4)C5)CC3)cn2cc1C(=O)Nc1cccn([C@H]2C[C@H]2F)c1=O. The Morgan fingerprint density at radius 2 is 1.82 bits per heavy atom. The second kappa shape index (κ2) is 14.4. The lowest BCUT2D eigenvalue weighted by Gasteiger charge is -2.59. The number of ether oxygens (including phenoxy) is 1. The van der Waals surface area contributed by atoms with Gasteiger partial charge in [0.1, 0.15) is 23.2 Å². The summed E-state index contributed by atoms with van der Waals surface area (Å²) in [4.78, 5) is 81.9. The number of carbonyl (C=O) groups is 4. The van der Waals surface area contributed by atoms with E-state index in [0.29, 0.717) is 44.0 Å². The van der Waals surface area contributed by atoms with Crippen LogP contribution in [0.3, 0.4) is 0 Å². The highest BCUT2D eigenvalue weighted by Crippen LogP contribution is 2.54. The molecule has 298 valence electrons. The Bertz CT molecular complexity index is 2300. The first-order chi connectivity index (χ1) is 27.4. The Balaban J connectivity index is 0.771. The molecule has 4 aromatic heterocycles. The van der Waals surface area contributed by atoms with Crippen LogP contribution < -0.4 is 25.8 Å². The standard InChI is InChI=1S/C41H46FN9O6/c1-23(2)57-38-28(37(55)44-30-4-3-11-51(39(30)56)32-15-29(32)42)19-49-20-31(45-40(49)47-38)25-9-12-48(13-10-25)35(53)14-24-16-41(17-24)21-50(22-41)33-7-5-26(18-43-33)27-6-8-34(52)46-36(27)54/h3-5,7,11,18-20,23-25,27,29,32H,6,8-10,12-17,21-22H2,1-2H3,(H,44,55)(H,46,52,54)/t27?,29-,32+/m1/s1. The first-order valence-corrected chi connectivity index (χ1v) is 20.0. The number of rotatable bonds is 10. The van der Waals surface area contributed by atoms with E-state index in [9.17, 15) is 28.4 Å². The number of amides is 4. The maximum atomic E-state index is 13.7. The Morgan fingerprint density at radius 1 is 1.05 bits per heavy atom. The van der Waals surface area contributed by atoms with Gasteiger partial charge in [-0.2, -0.15) is 4.98 Å². The van der Waals surface area contributed by atoms with Gasteiger partial charge in [-0.15, -0.1) is 0 Å². The largest absolute Gasteiger partial charge is 0.474 e. The van der Waals surface area contributed by atoms with Crippen molar-refractivity contribution in [3.63, 3.8) is 0 Å². The first kappa shape index (κ1) is 36.9. The average Bonchev–Trinajstić information content (AvgIpc) is 3.73. The Kier molecular flexibility index (Phi) is 9.31. The fraction of sp³-hybridized carbons (Fsp3) is 0.512. The molecule has 16 heteroatoms. The number of piperidine rings is 2. The highest BCUT2D eigenvalue weighted by molar-refractivity contribution is 6.05. The number of halogens is 1. The number of imidazole rings is 1. The molecule has 0 radical (unpaired) electrons. The molecule has 9 rings (SSSR count). The normalized spacial score (nSPS) is 23.3. The molecule has 0 bridgehead atoms. The van der Waals surface area contributed by atoms with Crippen molar-refractivity contribution < 1.29 is 28.3 Å². The van der Waals surface area contributed by atoms with Gasteiger partial charge in [0, 0.05) is 81.6 Å². The lowest BCUT2D eigenvalue weighted by Crippen LogP contribution is -2.63. The molecule has 7 heterocycles. The molecule has 3 aliphatic heterocycles. The van der Waals surface area contributed by atoms with E-state index in [0.717, 1.165) is 55.8 Å². The summed E-state index contributed by atoms with van der Waals surface area (Å²) < 4.78 is 22.6. The quantitative estimate of drug-likeness (QED) is 0.223. The third-order valence-electron chi connectivity index (χ3n) is 12.2. The summed E-state index contributed by atoms with van der Waals surface area (Å²) in [5.41, 5.74) is 1.60. The molecule has 3 saturated heterocycles. The van der Waals surface area contributed by atoms with Crippen LogP contribution in [0.4, 0.5) is 15.9 Å². The van der Waals surface area contributed by atoms with Gasteiger partial charge in [-0.05, 0) is 75.6 Å². The van der Waals surface area contributed by atoms with Gasteiger partial charge in [0.2, 0.25) is 29.4 Å². The summed E-state index contributed by atoms with van der Waals surface area (Å²) in [7, 11) is 0. The molecule has 5 fully saturated rings. The van der Waals surface area contributed by atoms with Crippen molar-refractivity contribution in [2.75, 3.05) is 36.4 Å². The number of imide groups is 1. The van der Waals surface area contributed by atoms with Crippen LogP contribution in [0.5, 0.6) is 5.88 Å². The zero-order valence-corrected chi connectivity index (χ0v) is 32.0. The lowest BCUT2D eigenvalue weighted by molar-refractivity contribution is -0.136. The van der Waals surface area contributed by atoms with Crippen molar-refractivity contribution in [1.29, 1.82) is 0 Å². The number of hydrogen-bond donors (Lipinski definition) is 2. The number of alkyl halides is 1. The summed E-state index contributed by atoms with van der Waals surface area (Å²) in [6.07, 6.45) is 10.7. The van der Waals surface area contributed by atoms with Gasteiger partial charge in [-0.1, -0.05) is 6.07 Å². The fourth-order valence-corrected chi connectivity index (χ4v) is 9.18. The van der Waals surface area contributed by atoms with Crippen molar-refractivity contribution in [3.8, 4) is 5.88 Å². The van der Waals surface area contributed by atoms with Gasteiger partial charge in [0.15, 0.2) is 0 Å². The second-order valence-electron chi connectivity index (χ2n) is 16.8. The van der Waals surface area contributed by atoms with Crippen LogP contribution in [0.15, 0.2) is 53.8 Å². The van der Waals surface area contributed by atoms with Crippen molar-refractivity contribution in [2.45, 2.75) is 95.4 Å². The predicted molar refractivity (Wildman–Crippen MR) is 206 cm³/mol. The van der Waals surface area contributed by atoms with E-state index in [4.69, 9.17) is 9.72 Å². The van der Waals surface area contributed by atoms with Crippen LogP contribution in [-0.4, -0.2) is 90.9 Å². The molecule has 4 aromatic rings. The van der Waals surface area contributed by atoms with E-state index in [1.165, 1.54) is 16.8 Å². The minimum Gasteiger partial charge on any atom is -0.474 e. The fourth-order valence-electron chi connectivity index (χ4n) is 9.18. The Labute approximate surface area is 328 Å². The van der Waals surface area contributed by atoms with Gasteiger partial charge in [0.05, 0.1) is 23.8 Å². The third-order valence-corrected chi connectivity index (χ3v) is 12.2. The zero-order valence-electron chi connectivity index (χ0n) is 32.0. The van der Waals surface area contributed by atoms with E-state index in [-0.39, 0.29) is 64.6 Å². The topological polar surface area (TPSA) is 173 Å². The van der Waals surface area contributed by atoms with Crippen LogP contribution in [0.2, 0.25) is 0 Å². The molecule has 2 N–H and O–H groups in total. The van der Waals surface area contributed by atoms with E-state index in [1.54, 1.807) is 22.9 Å². The average molecular weight is 780 g/mol. The number of pyridine rings is 2. The van der Waals surface area contributed by atoms with Crippen molar-refractivity contribution >= 4 is 40.9 Å². The molecule has 4 amide bonds. The summed E-state index contributed by atoms with van der Waals surface area (Å²) in [6.45, 7) is 6.77. The Hall–Kier alpha value is -5.67. The van der Waals surface area contributed by atoms with Crippen LogP contribution >= 0.6 is 0 Å². The zero-order chi connectivity index (χ0) is 39.6. The van der Waals surface area contributed by atoms with Crippen LogP contribution in [0.1, 0.15) is 105 Å². The van der Waals surface area contributed by atoms with E-state index in [1.807, 2.05) is 37.1 Å². The molecule has 0 aromatic carbocycles. The minimum atomic E-state index is -1.07. The predicted octanol–water partition coefficient (Wildman–Crippen LogP) is 4.14. The van der Waals surface area contributed by atoms with E-state index >= 15 is 0 Å². The number of carbonyl (C=O) groups excluding carboxylic acids is 4. The highest BCUT2D eigenvalue weighted by atomic mass is 19.1. The molecule has 2 aliphatic carbocycles. The summed E-state index contributed by atoms with van der Waals surface area (Å²) >= 11 is 0. The molecule has 5 aliphatic rings. The van der Waals surface area contributed by atoms with E-state index in [2.05, 4.69) is 25.5 Å². The molecule has 2 saturated carbocycles. The van der Waals surface area contributed by atoms with Crippen LogP contribution in [0, 0.1) is 11.3 Å². The summed E-state index contributed by atoms with van der Waals surface area (Å²) in [5.74, 6) is 0.661. The number of nitrogens with zero attached hydrogens (tertiary/aromatic N) is 7. The van der Waals surface area contributed by atoms with Crippen molar-refractivity contribution in [3.05, 3.63) is 76.2 Å². The molecule has 57 heavy (non-hydrogen) atoms. The van der Waals surface area contributed by atoms with Crippen LogP contribution in [-0.2, 0) is 14.4 Å². The summed E-state index contributed by atoms with van der Waals surface area (Å²) in [6, 6.07) is 6.48. The first-order valence-electron chi connectivity index (χ1n) is 20.0. The number of hydrogen-bond acceptors (Lipinski definition) is 10. The van der Waals surface area contributed by atoms with Gasteiger partial charge in [0.25, 0.3) is 11.5 Å². The molecule has 1 spiro atoms. The molecular formula is C41H46FN9O6. The highest BCUT2D eigenvalue weighted by Gasteiger charge is 2.53. The number of likely N-dealkylation sites (tertiary alicyclic amines) is 1. The van der Waals surface area contributed by atoms with Gasteiger partial charge >= 0.3 is 0 Å². The van der Waals surface area contributed by atoms with Crippen molar-refractivity contribution in [1.82, 2.24) is 34.1 Å². The third kappa shape index (κ3) is 7.25. The van der Waals surface area contributed by atoms with Gasteiger partial charge in [-0.25, -0.2) is 14.4 Å². The number of nitrogens with one attached hydrogen (secondary N) is 2. The lowest BCUT2D eigenvalue weighted by atomic mass is 9.57. The molecular weight excluding hydrogens is 734 g/mol. The maximum Gasteiger partial charge on any atom is 0.274 e. The second-order valence-corrected chi connectivity index (χ2v) is 16.8. The number of fused-ring (bicyclic) bond motifs is 1. The van der Waals surface area contributed by atoms with Crippen LogP contribution in [0.25, 0.3) is 5.78 Å². The van der Waals surface area contributed by atoms with Gasteiger partial charge < -0.3 is 24.4 Å². The van der Waals surface area contributed by atoms with Gasteiger partial charge in [-0.3, -0.25) is 33.7 Å². The molecule has 15 nitrogen and oxygen atoms in total. The number of anilines is 2. The maximum absolute atomic E-state index is 13.7. The van der Waals surface area contributed by atoms with Crippen molar-refractivity contribution in [2.24, 2.45) is 11.3 Å². The minimum absolute atomic E-state index is 0.0431. The molecule has 1 unspecified atom stereocenters. The smallest absolute Gasteiger partial charge is 0.274 e. The Morgan fingerprint density at radius 3 is 2.51 bits per heavy atom. The van der Waals surface area contributed by atoms with E-state index < -0.39 is 23.7 Å².